The number of H-pyrrole nitrogens is 1. The molecule has 0 amide bonds. The van der Waals surface area contributed by atoms with Crippen molar-refractivity contribution in [1.82, 2.24) is 4.98 Å². The second-order valence-corrected chi connectivity index (χ2v) is 9.90. The predicted octanol–water partition coefficient (Wildman–Crippen LogP) is 7.39. The normalized spacial score (nSPS) is 17.0. The zero-order valence-corrected chi connectivity index (χ0v) is 20.8. The monoisotopic (exact) mass is 451 g/mol. The number of aliphatic hydroxyl groups is 1. The van der Waals surface area contributed by atoms with Gasteiger partial charge in [-0.05, 0) is 67.9 Å². The molecule has 2 unspecified atom stereocenters. The Morgan fingerprint density at radius 1 is 1.30 bits per heavy atom. The van der Waals surface area contributed by atoms with Crippen molar-refractivity contribution in [2.45, 2.75) is 76.8 Å². The number of alkyl halides is 1. The Kier molecular flexibility index (Phi) is 10.8. The van der Waals surface area contributed by atoms with Gasteiger partial charge in [0.1, 0.15) is 0 Å². The van der Waals surface area contributed by atoms with Gasteiger partial charge in [0.2, 0.25) is 0 Å². The van der Waals surface area contributed by atoms with Gasteiger partial charge in [-0.2, -0.15) is 0 Å². The molecule has 2 atom stereocenters. The zero-order chi connectivity index (χ0) is 22.1. The standard InChI is InChI=1S/C20H26ClNOS.C5H12O/c1-4-13(8-9-23)19-12(3)16-11-15(17-6-7-18(21)24-17)10-14(5-2)20(16)22-19;1-3-4-5-6-2/h6,10-11,13,18,22-23H,4-5,7-9H2,1-3H3;3-5H2,1-2H3. The third kappa shape index (κ3) is 6.29. The first-order chi connectivity index (χ1) is 14.5. The molecule has 0 bridgehead atoms. The first-order valence-electron chi connectivity index (χ1n) is 11.3. The highest BCUT2D eigenvalue weighted by atomic mass is 35.5. The number of aliphatic hydroxyl groups excluding tert-OH is 1. The van der Waals surface area contributed by atoms with E-state index in [4.69, 9.17) is 16.3 Å². The van der Waals surface area contributed by atoms with Gasteiger partial charge in [-0.25, -0.2) is 0 Å². The van der Waals surface area contributed by atoms with E-state index in [1.54, 1.807) is 18.9 Å². The van der Waals surface area contributed by atoms with Crippen LogP contribution in [0.1, 0.15) is 81.2 Å². The van der Waals surface area contributed by atoms with Crippen LogP contribution < -0.4 is 0 Å². The van der Waals surface area contributed by atoms with E-state index < -0.39 is 0 Å². The van der Waals surface area contributed by atoms with Gasteiger partial charge in [-0.1, -0.05) is 33.3 Å². The van der Waals surface area contributed by atoms with Crippen LogP contribution in [-0.2, 0) is 11.2 Å². The zero-order valence-electron chi connectivity index (χ0n) is 19.2. The number of benzene rings is 1. The lowest BCUT2D eigenvalue weighted by atomic mass is 9.95. The summed E-state index contributed by atoms with van der Waals surface area (Å²) in [6.45, 7) is 9.91. The number of fused-ring (bicyclic) bond motifs is 1. The van der Waals surface area contributed by atoms with E-state index in [9.17, 15) is 5.11 Å². The van der Waals surface area contributed by atoms with Crippen LogP contribution in [0.2, 0.25) is 0 Å². The minimum atomic E-state index is 0.165. The largest absolute Gasteiger partial charge is 0.396 e. The van der Waals surface area contributed by atoms with Crippen molar-refractivity contribution < 1.29 is 9.84 Å². The highest BCUT2D eigenvalue weighted by Crippen LogP contribution is 2.43. The molecule has 2 N–H and O–H groups in total. The Morgan fingerprint density at radius 2 is 2.07 bits per heavy atom. The number of aromatic nitrogens is 1. The van der Waals surface area contributed by atoms with E-state index in [1.165, 1.54) is 51.0 Å². The molecule has 0 spiro atoms. The molecule has 1 aromatic carbocycles. The highest BCUT2D eigenvalue weighted by molar-refractivity contribution is 8.10. The molecule has 3 nitrogen and oxygen atoms in total. The van der Waals surface area contributed by atoms with Gasteiger partial charge in [-0.15, -0.1) is 23.4 Å². The summed E-state index contributed by atoms with van der Waals surface area (Å²) in [6.07, 6.45) is 8.47. The van der Waals surface area contributed by atoms with Crippen molar-refractivity contribution in [3.8, 4) is 0 Å². The SMILES string of the molecule is CCCCOC.CCc1cc(C2=CCC(Cl)S2)cc2c(C)c(C(CC)CCO)[nH]c12. The number of ether oxygens (including phenoxy) is 1. The lowest BCUT2D eigenvalue weighted by molar-refractivity contribution is 0.194. The van der Waals surface area contributed by atoms with E-state index in [0.29, 0.717) is 5.92 Å². The third-order valence-corrected chi connectivity index (χ3v) is 7.33. The first-order valence-corrected chi connectivity index (χ1v) is 12.6. The number of thioether (sulfide) groups is 1. The van der Waals surface area contributed by atoms with Crippen LogP contribution >= 0.6 is 23.4 Å². The molecule has 1 aromatic heterocycles. The second kappa shape index (κ2) is 12.8. The van der Waals surface area contributed by atoms with Crippen LogP contribution in [-0.4, -0.2) is 35.1 Å². The molecule has 3 rings (SSSR count). The number of nitrogens with one attached hydrogen (secondary N) is 1. The number of methoxy groups -OCH3 is 1. The fraction of sp³-hybridized carbons (Fsp3) is 0.600. The second-order valence-electron chi connectivity index (χ2n) is 7.87. The molecule has 0 saturated heterocycles. The average molecular weight is 452 g/mol. The molecule has 30 heavy (non-hydrogen) atoms. The van der Waals surface area contributed by atoms with Gasteiger partial charge < -0.3 is 14.8 Å². The molecule has 0 saturated carbocycles. The smallest absolute Gasteiger partial charge is 0.0870 e. The van der Waals surface area contributed by atoms with Gasteiger partial charge in [-0.3, -0.25) is 0 Å². The third-order valence-electron chi connectivity index (χ3n) is 5.78. The van der Waals surface area contributed by atoms with Crippen LogP contribution in [0.3, 0.4) is 0 Å². The van der Waals surface area contributed by atoms with Gasteiger partial charge in [0.05, 0.1) is 4.71 Å². The van der Waals surface area contributed by atoms with Crippen molar-refractivity contribution in [1.29, 1.82) is 0 Å². The van der Waals surface area contributed by atoms with Gasteiger partial charge >= 0.3 is 0 Å². The molecule has 0 fully saturated rings. The van der Waals surface area contributed by atoms with E-state index in [0.717, 1.165) is 32.3 Å². The molecule has 2 heterocycles. The molecule has 2 aromatic rings. The summed E-state index contributed by atoms with van der Waals surface area (Å²) in [5, 5.41) is 10.7. The molecule has 1 aliphatic heterocycles. The molecular formula is C25H38ClNO2S. The van der Waals surface area contributed by atoms with Crippen molar-refractivity contribution in [3.63, 3.8) is 0 Å². The number of unbranched alkanes of at least 4 members (excludes halogenated alkanes) is 1. The number of hydrogen-bond donors (Lipinski definition) is 2. The Hall–Kier alpha value is -0.940. The molecule has 1 aliphatic rings. The molecule has 168 valence electrons. The van der Waals surface area contributed by atoms with Crippen molar-refractivity contribution in [2.24, 2.45) is 0 Å². The summed E-state index contributed by atoms with van der Waals surface area (Å²) in [5.41, 5.74) is 6.52. The van der Waals surface area contributed by atoms with Crippen molar-refractivity contribution >= 4 is 39.2 Å². The Morgan fingerprint density at radius 3 is 2.57 bits per heavy atom. The minimum Gasteiger partial charge on any atom is -0.396 e. The molecule has 0 radical (unpaired) electrons. The molecule has 5 heteroatoms. The van der Waals surface area contributed by atoms with E-state index in [2.05, 4.69) is 50.9 Å². The molecule has 0 aliphatic carbocycles. The topological polar surface area (TPSA) is 45.2 Å². The Balaban J connectivity index is 0.000000469. The maximum atomic E-state index is 9.37. The Bertz CT molecular complexity index is 826. The number of rotatable bonds is 9. The summed E-state index contributed by atoms with van der Waals surface area (Å²) in [7, 11) is 1.73. The van der Waals surface area contributed by atoms with Crippen LogP contribution in [0, 0.1) is 6.92 Å². The summed E-state index contributed by atoms with van der Waals surface area (Å²) in [6, 6.07) is 4.62. The van der Waals surface area contributed by atoms with E-state index in [-0.39, 0.29) is 11.3 Å². The van der Waals surface area contributed by atoms with Crippen LogP contribution in [0.15, 0.2) is 18.2 Å². The van der Waals surface area contributed by atoms with Crippen LogP contribution in [0.25, 0.3) is 15.8 Å². The maximum Gasteiger partial charge on any atom is 0.0870 e. The van der Waals surface area contributed by atoms with Gasteiger partial charge in [0, 0.05) is 47.7 Å². The quantitative estimate of drug-likeness (QED) is 0.308. The first kappa shape index (κ1) is 25.3. The number of aryl methyl sites for hydroxylation is 2. The lowest BCUT2D eigenvalue weighted by Gasteiger charge is -2.13. The fourth-order valence-electron chi connectivity index (χ4n) is 3.97. The van der Waals surface area contributed by atoms with Gasteiger partial charge in [0.15, 0.2) is 0 Å². The van der Waals surface area contributed by atoms with Crippen LogP contribution in [0.4, 0.5) is 0 Å². The highest BCUT2D eigenvalue weighted by Gasteiger charge is 2.21. The maximum absolute atomic E-state index is 9.37. The summed E-state index contributed by atoms with van der Waals surface area (Å²) in [5.74, 6) is 0.392. The number of aromatic amines is 1. The average Bonchev–Trinajstić information content (AvgIpc) is 3.34. The van der Waals surface area contributed by atoms with Crippen molar-refractivity contribution in [2.75, 3.05) is 20.3 Å². The number of allylic oxidation sites excluding steroid dienone is 1. The number of hydrogen-bond acceptors (Lipinski definition) is 3. The van der Waals surface area contributed by atoms with Crippen molar-refractivity contribution in [3.05, 3.63) is 40.6 Å². The van der Waals surface area contributed by atoms with E-state index >= 15 is 0 Å². The van der Waals surface area contributed by atoms with Crippen LogP contribution in [0.5, 0.6) is 0 Å². The van der Waals surface area contributed by atoms with Gasteiger partial charge in [0.25, 0.3) is 0 Å². The summed E-state index contributed by atoms with van der Waals surface area (Å²) >= 11 is 8.02. The number of halogens is 1. The lowest BCUT2D eigenvalue weighted by Crippen LogP contribution is -2.02. The predicted molar refractivity (Wildman–Crippen MR) is 134 cm³/mol. The minimum absolute atomic E-state index is 0.165. The van der Waals surface area contributed by atoms with E-state index in [1.807, 2.05) is 0 Å². The summed E-state index contributed by atoms with van der Waals surface area (Å²) in [4.78, 5) is 4.98. The summed E-state index contributed by atoms with van der Waals surface area (Å²) < 4.78 is 4.95. The Labute approximate surface area is 191 Å². The fourth-order valence-corrected chi connectivity index (χ4v) is 5.26. The molecular weight excluding hydrogens is 414 g/mol.